The van der Waals surface area contributed by atoms with Crippen LogP contribution in [0.5, 0.6) is 5.75 Å². The van der Waals surface area contributed by atoms with Crippen LogP contribution in [0, 0.1) is 5.82 Å². The Kier molecular flexibility index (Phi) is 4.56. The highest BCUT2D eigenvalue weighted by molar-refractivity contribution is 5.77. The summed E-state index contributed by atoms with van der Waals surface area (Å²) in [7, 11) is 0. The van der Waals surface area contributed by atoms with E-state index < -0.39 is 0 Å². The van der Waals surface area contributed by atoms with E-state index in [9.17, 15) is 9.18 Å². The molecule has 0 bridgehead atoms. The zero-order valence-corrected chi connectivity index (χ0v) is 14.0. The molecule has 3 rings (SSSR count). The van der Waals surface area contributed by atoms with Gasteiger partial charge in [0.25, 0.3) is 0 Å². The van der Waals surface area contributed by atoms with Gasteiger partial charge >= 0.3 is 0 Å². The molecule has 1 N–H and O–H groups in total. The molecule has 1 aliphatic heterocycles. The molecule has 3 nitrogen and oxygen atoms in total. The summed E-state index contributed by atoms with van der Waals surface area (Å²) in [5.41, 5.74) is 1.66. The summed E-state index contributed by atoms with van der Waals surface area (Å²) in [4.78, 5) is 12.3. The van der Waals surface area contributed by atoms with E-state index in [2.05, 4.69) is 5.32 Å². The van der Waals surface area contributed by atoms with Crippen molar-refractivity contribution in [3.63, 3.8) is 0 Å². The number of hydrogen-bond acceptors (Lipinski definition) is 2. The quantitative estimate of drug-likeness (QED) is 0.915. The molecule has 1 amide bonds. The molecule has 0 fully saturated rings. The molecule has 1 heterocycles. The molecular formula is C20H22FNO2. The second kappa shape index (κ2) is 6.63. The topological polar surface area (TPSA) is 38.3 Å². The molecule has 24 heavy (non-hydrogen) atoms. The lowest BCUT2D eigenvalue weighted by molar-refractivity contribution is -0.122. The molecule has 0 aliphatic carbocycles. The van der Waals surface area contributed by atoms with Crippen LogP contribution >= 0.6 is 0 Å². The Labute approximate surface area is 141 Å². The first-order chi connectivity index (χ1) is 11.4. The number of carbonyl (C=O) groups excluding carboxylic acids is 1. The van der Waals surface area contributed by atoms with E-state index >= 15 is 0 Å². The lowest BCUT2D eigenvalue weighted by Crippen LogP contribution is -2.41. The van der Waals surface area contributed by atoms with Crippen molar-refractivity contribution in [3.05, 3.63) is 65.5 Å². The van der Waals surface area contributed by atoms with Gasteiger partial charge in [0, 0.05) is 18.4 Å². The third kappa shape index (κ3) is 3.94. The van der Waals surface area contributed by atoms with Gasteiger partial charge in [-0.15, -0.1) is 0 Å². The van der Waals surface area contributed by atoms with Gasteiger partial charge in [0.2, 0.25) is 5.91 Å². The van der Waals surface area contributed by atoms with Gasteiger partial charge in [-0.1, -0.05) is 30.3 Å². The number of fused-ring (bicyclic) bond motifs is 1. The van der Waals surface area contributed by atoms with E-state index in [-0.39, 0.29) is 23.4 Å². The van der Waals surface area contributed by atoms with Gasteiger partial charge in [0.05, 0.1) is 6.04 Å². The predicted octanol–water partition coefficient (Wildman–Crippen LogP) is 4.18. The van der Waals surface area contributed by atoms with Gasteiger partial charge in [0.15, 0.2) is 0 Å². The van der Waals surface area contributed by atoms with Gasteiger partial charge in [0.1, 0.15) is 17.2 Å². The van der Waals surface area contributed by atoms with Crippen LogP contribution in [0.15, 0.2) is 48.5 Å². The average molecular weight is 327 g/mol. The van der Waals surface area contributed by atoms with Crippen molar-refractivity contribution in [2.45, 2.75) is 44.8 Å². The first-order valence-electron chi connectivity index (χ1n) is 8.25. The summed E-state index contributed by atoms with van der Waals surface area (Å²) in [6.45, 7) is 4.06. The lowest BCUT2D eigenvalue weighted by atomic mass is 9.89. The molecule has 1 atom stereocenters. The van der Waals surface area contributed by atoms with Crippen LogP contribution in [-0.4, -0.2) is 11.5 Å². The van der Waals surface area contributed by atoms with Crippen LogP contribution in [-0.2, 0) is 11.2 Å². The number of benzene rings is 2. The van der Waals surface area contributed by atoms with Crippen molar-refractivity contribution in [2.24, 2.45) is 0 Å². The number of halogens is 1. The fourth-order valence-corrected chi connectivity index (χ4v) is 3.11. The third-order valence-corrected chi connectivity index (χ3v) is 4.27. The van der Waals surface area contributed by atoms with Crippen LogP contribution in [0.2, 0.25) is 0 Å². The maximum absolute atomic E-state index is 12.9. The fraction of sp³-hybridized carbons (Fsp3) is 0.350. The van der Waals surface area contributed by atoms with E-state index in [1.807, 2.05) is 38.1 Å². The van der Waals surface area contributed by atoms with E-state index in [0.29, 0.717) is 12.8 Å². The maximum atomic E-state index is 12.9. The van der Waals surface area contributed by atoms with Crippen molar-refractivity contribution in [1.29, 1.82) is 0 Å². The minimum absolute atomic E-state index is 0.00294. The molecule has 0 radical (unpaired) electrons. The van der Waals surface area contributed by atoms with Crippen molar-refractivity contribution in [2.75, 3.05) is 0 Å². The first-order valence-corrected chi connectivity index (χ1v) is 8.25. The highest BCUT2D eigenvalue weighted by Gasteiger charge is 2.34. The van der Waals surface area contributed by atoms with E-state index in [4.69, 9.17) is 4.74 Å². The van der Waals surface area contributed by atoms with Crippen molar-refractivity contribution in [3.8, 4) is 5.75 Å². The smallest absolute Gasteiger partial charge is 0.220 e. The minimum Gasteiger partial charge on any atom is -0.487 e. The summed E-state index contributed by atoms with van der Waals surface area (Å²) in [6, 6.07) is 14.1. The Balaban J connectivity index is 1.64. The Morgan fingerprint density at radius 2 is 1.92 bits per heavy atom. The molecule has 4 heteroatoms. The summed E-state index contributed by atoms with van der Waals surface area (Å²) in [6.07, 6.45) is 1.71. The molecule has 0 spiro atoms. The zero-order valence-electron chi connectivity index (χ0n) is 14.0. The zero-order chi connectivity index (χ0) is 17.2. The second-order valence-electron chi connectivity index (χ2n) is 6.85. The van der Waals surface area contributed by atoms with Crippen molar-refractivity contribution in [1.82, 2.24) is 5.32 Å². The highest BCUT2D eigenvalue weighted by Crippen LogP contribution is 2.39. The molecule has 0 aromatic heterocycles. The Morgan fingerprint density at radius 3 is 2.67 bits per heavy atom. The SMILES string of the molecule is CC1(C)C[C@H](NC(=O)CCc2ccc(F)cc2)c2ccccc2O1. The van der Waals surface area contributed by atoms with Gasteiger partial charge in [-0.2, -0.15) is 0 Å². The van der Waals surface area contributed by atoms with Crippen LogP contribution in [0.4, 0.5) is 4.39 Å². The summed E-state index contributed by atoms with van der Waals surface area (Å²) >= 11 is 0. The van der Waals surface area contributed by atoms with Crippen LogP contribution in [0.3, 0.4) is 0 Å². The Bertz CT molecular complexity index is 725. The van der Waals surface area contributed by atoms with Crippen LogP contribution in [0.1, 0.15) is 43.9 Å². The fourth-order valence-electron chi connectivity index (χ4n) is 3.11. The lowest BCUT2D eigenvalue weighted by Gasteiger charge is -2.37. The number of para-hydroxylation sites is 1. The summed E-state index contributed by atoms with van der Waals surface area (Å²) in [5, 5.41) is 3.12. The number of nitrogens with one attached hydrogen (secondary N) is 1. The standard InChI is InChI=1S/C20H22FNO2/c1-20(2)13-17(16-5-3-4-6-18(16)24-20)22-19(23)12-9-14-7-10-15(21)11-8-14/h3-8,10-11,17H,9,12-13H2,1-2H3,(H,22,23)/t17-/m0/s1. The second-order valence-corrected chi connectivity index (χ2v) is 6.85. The number of hydrogen-bond donors (Lipinski definition) is 1. The molecular weight excluding hydrogens is 305 g/mol. The number of ether oxygens (including phenoxy) is 1. The molecule has 126 valence electrons. The van der Waals surface area contributed by atoms with Crippen molar-refractivity contribution < 1.29 is 13.9 Å². The number of rotatable bonds is 4. The maximum Gasteiger partial charge on any atom is 0.220 e. The normalized spacial score (nSPS) is 18.4. The van der Waals surface area contributed by atoms with Gasteiger partial charge in [-0.25, -0.2) is 4.39 Å². The first kappa shape index (κ1) is 16.5. The van der Waals surface area contributed by atoms with Crippen LogP contribution < -0.4 is 10.1 Å². The molecule has 0 unspecified atom stereocenters. The number of carbonyl (C=O) groups is 1. The molecule has 2 aromatic rings. The highest BCUT2D eigenvalue weighted by atomic mass is 19.1. The minimum atomic E-state index is -0.316. The molecule has 0 saturated carbocycles. The average Bonchev–Trinajstić information content (AvgIpc) is 2.53. The van der Waals surface area contributed by atoms with Gasteiger partial charge in [-0.3, -0.25) is 4.79 Å². The largest absolute Gasteiger partial charge is 0.487 e. The molecule has 0 saturated heterocycles. The molecule has 2 aromatic carbocycles. The third-order valence-electron chi connectivity index (χ3n) is 4.27. The Morgan fingerprint density at radius 1 is 1.21 bits per heavy atom. The van der Waals surface area contributed by atoms with E-state index in [1.54, 1.807) is 12.1 Å². The monoisotopic (exact) mass is 327 g/mol. The number of amides is 1. The summed E-state index contributed by atoms with van der Waals surface area (Å²) < 4.78 is 18.9. The van der Waals surface area contributed by atoms with Gasteiger partial charge < -0.3 is 10.1 Å². The number of aryl methyl sites for hydroxylation is 1. The Hall–Kier alpha value is -2.36. The van der Waals surface area contributed by atoms with E-state index in [1.165, 1.54) is 12.1 Å². The van der Waals surface area contributed by atoms with Gasteiger partial charge in [-0.05, 0) is 44.0 Å². The van der Waals surface area contributed by atoms with Crippen LogP contribution in [0.25, 0.3) is 0 Å². The van der Waals surface area contributed by atoms with Crippen molar-refractivity contribution >= 4 is 5.91 Å². The summed E-state index contributed by atoms with van der Waals surface area (Å²) in [5.74, 6) is 0.568. The van der Waals surface area contributed by atoms with E-state index in [0.717, 1.165) is 23.3 Å². The molecule has 1 aliphatic rings. The predicted molar refractivity (Wildman–Crippen MR) is 91.4 cm³/mol.